The summed E-state index contributed by atoms with van der Waals surface area (Å²) in [5.74, 6) is 2.14. The lowest BCUT2D eigenvalue weighted by Gasteiger charge is -2.39. The van der Waals surface area contributed by atoms with Gasteiger partial charge in [-0.15, -0.1) is 0 Å². The molecule has 3 rings (SSSR count). The van der Waals surface area contributed by atoms with Gasteiger partial charge >= 0.3 is 0 Å². The number of aromatic nitrogens is 3. The molecule has 1 saturated heterocycles. The first-order valence-electron chi connectivity index (χ1n) is 8.68. The first-order chi connectivity index (χ1) is 12.1. The molecule has 134 valence electrons. The Hall–Kier alpha value is -2.02. The molecule has 0 atom stereocenters. The molecule has 1 N–H and O–H groups in total. The number of guanidine groups is 1. The molecule has 1 aliphatic rings. The molecular formula is C18H26N6S. The Morgan fingerprint density at radius 1 is 1.40 bits per heavy atom. The van der Waals surface area contributed by atoms with Crippen molar-refractivity contribution in [2.24, 2.45) is 4.99 Å². The van der Waals surface area contributed by atoms with Crippen LogP contribution >= 0.6 is 11.8 Å². The van der Waals surface area contributed by atoms with Gasteiger partial charge in [0.05, 0.1) is 12.2 Å². The molecule has 0 saturated carbocycles. The van der Waals surface area contributed by atoms with E-state index in [0.717, 1.165) is 42.6 Å². The fraction of sp³-hybridized carbons (Fsp3) is 0.500. The number of benzene rings is 1. The van der Waals surface area contributed by atoms with Crippen molar-refractivity contribution >= 4 is 17.7 Å². The van der Waals surface area contributed by atoms with E-state index in [1.807, 2.05) is 23.9 Å². The van der Waals surface area contributed by atoms with Crippen LogP contribution in [0.1, 0.15) is 26.3 Å². The highest BCUT2D eigenvalue weighted by atomic mass is 32.2. The normalized spacial score (nSPS) is 17.6. The molecule has 25 heavy (non-hydrogen) atoms. The molecule has 0 amide bonds. The molecule has 0 aliphatic carbocycles. The second-order valence-electron chi connectivity index (χ2n) is 6.71. The first-order valence-corrected chi connectivity index (χ1v) is 9.67. The Labute approximate surface area is 153 Å². The zero-order valence-electron chi connectivity index (χ0n) is 15.1. The lowest BCUT2D eigenvalue weighted by molar-refractivity contribution is 0.376. The number of thioether (sulfide) groups is 1. The quantitative estimate of drug-likeness (QED) is 0.672. The minimum absolute atomic E-state index is 0.265. The van der Waals surface area contributed by atoms with Crippen molar-refractivity contribution in [2.75, 3.05) is 25.4 Å². The van der Waals surface area contributed by atoms with Gasteiger partial charge in [0.15, 0.2) is 5.96 Å². The van der Waals surface area contributed by atoms with Crippen molar-refractivity contribution in [3.63, 3.8) is 0 Å². The number of rotatable bonds is 4. The van der Waals surface area contributed by atoms with Crippen LogP contribution in [-0.4, -0.2) is 55.8 Å². The molecule has 7 heteroatoms. The summed E-state index contributed by atoms with van der Waals surface area (Å²) in [5, 5.41) is 7.63. The summed E-state index contributed by atoms with van der Waals surface area (Å²) in [6.45, 7) is 10.3. The molecule has 0 unspecified atom stereocenters. The Morgan fingerprint density at radius 2 is 2.28 bits per heavy atom. The number of aliphatic imine (C=N–C) groups is 1. The molecule has 1 fully saturated rings. The number of nitrogens with one attached hydrogen (secondary N) is 1. The van der Waals surface area contributed by atoms with Gasteiger partial charge in [0.2, 0.25) is 0 Å². The predicted molar refractivity (Wildman–Crippen MR) is 104 cm³/mol. The van der Waals surface area contributed by atoms with Crippen LogP contribution in [0.4, 0.5) is 0 Å². The largest absolute Gasteiger partial charge is 0.357 e. The summed E-state index contributed by atoms with van der Waals surface area (Å²) in [6.07, 6.45) is 3.25. The van der Waals surface area contributed by atoms with Crippen molar-refractivity contribution in [3.8, 4) is 5.69 Å². The van der Waals surface area contributed by atoms with Gasteiger partial charge in [0.25, 0.3) is 0 Å². The van der Waals surface area contributed by atoms with Crippen LogP contribution in [0.25, 0.3) is 5.69 Å². The van der Waals surface area contributed by atoms with Gasteiger partial charge in [-0.1, -0.05) is 12.1 Å². The van der Waals surface area contributed by atoms with Gasteiger partial charge in [-0.25, -0.2) is 14.7 Å². The molecule has 0 bridgehead atoms. The summed E-state index contributed by atoms with van der Waals surface area (Å²) < 4.78 is 2.03. The van der Waals surface area contributed by atoms with E-state index in [1.54, 1.807) is 17.3 Å². The van der Waals surface area contributed by atoms with Crippen LogP contribution in [-0.2, 0) is 6.54 Å². The molecule has 1 aromatic carbocycles. The van der Waals surface area contributed by atoms with Gasteiger partial charge in [-0.05, 0) is 38.5 Å². The highest BCUT2D eigenvalue weighted by Crippen LogP contribution is 2.29. The predicted octanol–water partition coefficient (Wildman–Crippen LogP) is 2.56. The summed E-state index contributed by atoms with van der Waals surface area (Å²) in [4.78, 5) is 11.3. The van der Waals surface area contributed by atoms with E-state index in [-0.39, 0.29) is 4.75 Å². The smallest absolute Gasteiger partial charge is 0.194 e. The standard InChI is InChI=1S/C18H26N6S/c1-4-20-17(23-8-9-25-18(2,3)12-23)21-11-15-6-5-7-16(10-15)24-14-19-13-22-24/h5-7,10,13-14H,4,8-9,11-12H2,1-3H3,(H,20,21). The monoisotopic (exact) mass is 358 g/mol. The molecule has 1 aromatic heterocycles. The molecular weight excluding hydrogens is 332 g/mol. The Bertz CT molecular complexity index is 710. The van der Waals surface area contributed by atoms with E-state index >= 15 is 0 Å². The second kappa shape index (κ2) is 7.91. The maximum atomic E-state index is 4.87. The highest BCUT2D eigenvalue weighted by Gasteiger charge is 2.28. The SMILES string of the molecule is CCNC(=NCc1cccc(-n2cncn2)c1)N1CCSC(C)(C)C1. The lowest BCUT2D eigenvalue weighted by Crippen LogP contribution is -2.50. The van der Waals surface area contributed by atoms with Crippen LogP contribution in [0, 0.1) is 0 Å². The van der Waals surface area contributed by atoms with Gasteiger partial charge in [0, 0.05) is 30.1 Å². The molecule has 2 aromatic rings. The number of hydrogen-bond acceptors (Lipinski definition) is 4. The van der Waals surface area contributed by atoms with E-state index in [0.29, 0.717) is 6.54 Å². The average Bonchev–Trinajstić information content (AvgIpc) is 3.12. The molecule has 2 heterocycles. The van der Waals surface area contributed by atoms with Gasteiger partial charge in [0.1, 0.15) is 12.7 Å². The zero-order chi connectivity index (χ0) is 17.7. The summed E-state index contributed by atoms with van der Waals surface area (Å²) in [5.41, 5.74) is 2.17. The maximum Gasteiger partial charge on any atom is 0.194 e. The third kappa shape index (κ3) is 4.75. The van der Waals surface area contributed by atoms with Gasteiger partial charge in [-0.3, -0.25) is 0 Å². The summed E-state index contributed by atoms with van der Waals surface area (Å²) >= 11 is 2.03. The van der Waals surface area contributed by atoms with Crippen LogP contribution < -0.4 is 5.32 Å². The van der Waals surface area contributed by atoms with Crippen molar-refractivity contribution in [3.05, 3.63) is 42.5 Å². The van der Waals surface area contributed by atoms with Crippen molar-refractivity contribution in [2.45, 2.75) is 32.1 Å². The van der Waals surface area contributed by atoms with Crippen molar-refractivity contribution in [1.29, 1.82) is 0 Å². The van der Waals surface area contributed by atoms with E-state index in [1.165, 1.54) is 0 Å². The summed E-state index contributed by atoms with van der Waals surface area (Å²) in [7, 11) is 0. The molecule has 0 spiro atoms. The van der Waals surface area contributed by atoms with Crippen LogP contribution in [0.5, 0.6) is 0 Å². The highest BCUT2D eigenvalue weighted by molar-refractivity contribution is 8.00. The fourth-order valence-electron chi connectivity index (χ4n) is 2.93. The van der Waals surface area contributed by atoms with E-state index in [4.69, 9.17) is 4.99 Å². The van der Waals surface area contributed by atoms with Crippen LogP contribution in [0.2, 0.25) is 0 Å². The number of nitrogens with zero attached hydrogens (tertiary/aromatic N) is 5. The second-order valence-corrected chi connectivity index (χ2v) is 8.51. The van der Waals surface area contributed by atoms with E-state index in [2.05, 4.69) is 53.2 Å². The Morgan fingerprint density at radius 3 is 3.00 bits per heavy atom. The molecule has 0 radical (unpaired) electrons. The minimum atomic E-state index is 0.265. The van der Waals surface area contributed by atoms with Crippen molar-refractivity contribution < 1.29 is 0 Å². The first kappa shape index (κ1) is 17.8. The summed E-state index contributed by atoms with van der Waals surface area (Å²) in [6, 6.07) is 8.27. The molecule has 1 aliphatic heterocycles. The maximum absolute atomic E-state index is 4.87. The zero-order valence-corrected chi connectivity index (χ0v) is 16.0. The van der Waals surface area contributed by atoms with Crippen LogP contribution in [0.3, 0.4) is 0 Å². The van der Waals surface area contributed by atoms with Crippen molar-refractivity contribution in [1.82, 2.24) is 25.0 Å². The Balaban J connectivity index is 1.74. The topological polar surface area (TPSA) is 58.3 Å². The minimum Gasteiger partial charge on any atom is -0.357 e. The fourth-order valence-corrected chi connectivity index (χ4v) is 4.04. The van der Waals surface area contributed by atoms with E-state index < -0.39 is 0 Å². The van der Waals surface area contributed by atoms with Gasteiger partial charge in [-0.2, -0.15) is 16.9 Å². The Kier molecular flexibility index (Phi) is 5.63. The average molecular weight is 359 g/mol. The number of hydrogen-bond donors (Lipinski definition) is 1. The third-order valence-electron chi connectivity index (χ3n) is 4.07. The lowest BCUT2D eigenvalue weighted by atomic mass is 10.2. The van der Waals surface area contributed by atoms with Crippen LogP contribution in [0.15, 0.2) is 41.9 Å². The van der Waals surface area contributed by atoms with Gasteiger partial charge < -0.3 is 10.2 Å². The third-order valence-corrected chi connectivity index (χ3v) is 5.36. The molecule has 6 nitrogen and oxygen atoms in total. The van der Waals surface area contributed by atoms with E-state index in [9.17, 15) is 0 Å².